The Balaban J connectivity index is 1.91. The number of aryl methyl sites for hydroxylation is 2. The Morgan fingerprint density at radius 3 is 2.50 bits per heavy atom. The van der Waals surface area contributed by atoms with Crippen LogP contribution in [-0.2, 0) is 11.8 Å². The molecule has 0 unspecified atom stereocenters. The molecule has 1 aliphatic rings. The van der Waals surface area contributed by atoms with E-state index in [-0.39, 0.29) is 24.1 Å². The van der Waals surface area contributed by atoms with Crippen molar-refractivity contribution in [3.05, 3.63) is 46.5 Å². The fourth-order valence-electron chi connectivity index (χ4n) is 3.18. The van der Waals surface area contributed by atoms with Crippen molar-refractivity contribution in [3.63, 3.8) is 0 Å². The molecule has 1 aliphatic heterocycles. The quantitative estimate of drug-likeness (QED) is 0.912. The lowest BCUT2D eigenvalue weighted by Gasteiger charge is -2.16. The number of hydrogen-bond donors (Lipinski definition) is 1. The topological polar surface area (TPSA) is 88.3 Å². The smallest absolute Gasteiger partial charge is 0.308 e. The molecule has 2 atom stereocenters. The zero-order chi connectivity index (χ0) is 17.4. The van der Waals surface area contributed by atoms with Gasteiger partial charge in [0.25, 0.3) is 5.91 Å². The van der Waals surface area contributed by atoms with Crippen molar-refractivity contribution in [1.82, 2.24) is 19.7 Å². The summed E-state index contributed by atoms with van der Waals surface area (Å²) in [5.74, 6) is -2.16. The van der Waals surface area contributed by atoms with E-state index in [0.29, 0.717) is 17.3 Å². The number of rotatable bonds is 3. The first kappa shape index (κ1) is 16.4. The molecule has 0 aliphatic carbocycles. The van der Waals surface area contributed by atoms with Gasteiger partial charge in [-0.25, -0.2) is 0 Å². The van der Waals surface area contributed by atoms with Gasteiger partial charge in [0.1, 0.15) is 5.69 Å². The van der Waals surface area contributed by atoms with Crippen LogP contribution in [0.3, 0.4) is 0 Å². The molecular formula is C16H17ClN4O3. The number of amides is 1. The van der Waals surface area contributed by atoms with E-state index in [0.717, 1.165) is 5.56 Å². The highest BCUT2D eigenvalue weighted by Crippen LogP contribution is 2.34. The molecule has 7 nitrogen and oxygen atoms in total. The Morgan fingerprint density at radius 1 is 1.29 bits per heavy atom. The zero-order valence-corrected chi connectivity index (χ0v) is 14.1. The summed E-state index contributed by atoms with van der Waals surface area (Å²) >= 11 is 6.18. The van der Waals surface area contributed by atoms with E-state index in [1.54, 1.807) is 38.5 Å². The van der Waals surface area contributed by atoms with Crippen molar-refractivity contribution in [1.29, 1.82) is 0 Å². The number of carbonyl (C=O) groups excluding carboxylic acids is 1. The Labute approximate surface area is 143 Å². The third-order valence-corrected chi connectivity index (χ3v) is 4.86. The van der Waals surface area contributed by atoms with E-state index in [2.05, 4.69) is 10.1 Å². The molecule has 0 spiro atoms. The summed E-state index contributed by atoms with van der Waals surface area (Å²) in [6, 6.07) is 3.57. The molecule has 0 saturated carbocycles. The number of hydrogen-bond acceptors (Lipinski definition) is 4. The number of pyridine rings is 1. The number of carboxylic acids is 1. The van der Waals surface area contributed by atoms with Crippen molar-refractivity contribution in [3.8, 4) is 0 Å². The van der Waals surface area contributed by atoms with Crippen molar-refractivity contribution in [2.24, 2.45) is 13.0 Å². The Hall–Kier alpha value is -2.41. The fraction of sp³-hybridized carbons (Fsp3) is 0.375. The van der Waals surface area contributed by atoms with Crippen LogP contribution in [-0.4, -0.2) is 49.7 Å². The first-order chi connectivity index (χ1) is 11.4. The Kier molecular flexibility index (Phi) is 4.28. The summed E-state index contributed by atoms with van der Waals surface area (Å²) in [5.41, 5.74) is 1.72. The number of aliphatic carboxylic acids is 1. The van der Waals surface area contributed by atoms with Crippen molar-refractivity contribution < 1.29 is 14.7 Å². The summed E-state index contributed by atoms with van der Waals surface area (Å²) in [6.45, 7) is 2.19. The largest absolute Gasteiger partial charge is 0.481 e. The van der Waals surface area contributed by atoms with Crippen molar-refractivity contribution in [2.75, 3.05) is 13.1 Å². The van der Waals surface area contributed by atoms with Crippen LogP contribution in [0.15, 0.2) is 24.5 Å². The van der Waals surface area contributed by atoms with Gasteiger partial charge in [0, 0.05) is 38.4 Å². The molecule has 0 radical (unpaired) electrons. The van der Waals surface area contributed by atoms with Crippen LogP contribution in [0.2, 0.25) is 5.02 Å². The van der Waals surface area contributed by atoms with Crippen LogP contribution in [0.5, 0.6) is 0 Å². The van der Waals surface area contributed by atoms with Gasteiger partial charge < -0.3 is 10.0 Å². The number of carbonyl (C=O) groups is 2. The predicted molar refractivity (Wildman–Crippen MR) is 87.0 cm³/mol. The van der Waals surface area contributed by atoms with Gasteiger partial charge in [-0.2, -0.15) is 5.10 Å². The van der Waals surface area contributed by atoms with Gasteiger partial charge in [-0.3, -0.25) is 19.3 Å². The van der Waals surface area contributed by atoms with Crippen LogP contribution in [0.25, 0.3) is 0 Å². The van der Waals surface area contributed by atoms with Gasteiger partial charge in [0.15, 0.2) is 0 Å². The highest BCUT2D eigenvalue weighted by molar-refractivity contribution is 6.34. The molecule has 3 rings (SSSR count). The van der Waals surface area contributed by atoms with Crippen LogP contribution < -0.4 is 0 Å². The molecule has 0 aromatic carbocycles. The van der Waals surface area contributed by atoms with Gasteiger partial charge in [-0.05, 0) is 24.6 Å². The van der Waals surface area contributed by atoms with Gasteiger partial charge >= 0.3 is 5.97 Å². The number of halogens is 1. The molecule has 126 valence electrons. The van der Waals surface area contributed by atoms with E-state index in [1.807, 2.05) is 0 Å². The lowest BCUT2D eigenvalue weighted by atomic mass is 9.90. The molecule has 3 heterocycles. The van der Waals surface area contributed by atoms with E-state index in [1.165, 1.54) is 9.58 Å². The molecule has 1 fully saturated rings. The first-order valence-electron chi connectivity index (χ1n) is 7.51. The average Bonchev–Trinajstić information content (AvgIpc) is 3.10. The van der Waals surface area contributed by atoms with Crippen LogP contribution in [0.1, 0.15) is 27.7 Å². The zero-order valence-electron chi connectivity index (χ0n) is 13.3. The van der Waals surface area contributed by atoms with E-state index < -0.39 is 11.9 Å². The maximum atomic E-state index is 12.8. The fourth-order valence-corrected chi connectivity index (χ4v) is 3.42. The van der Waals surface area contributed by atoms with Crippen molar-refractivity contribution >= 4 is 23.5 Å². The molecule has 2 aromatic rings. The normalized spacial score (nSPS) is 20.4. The summed E-state index contributed by atoms with van der Waals surface area (Å²) in [6.07, 6.45) is 3.25. The number of likely N-dealkylation sites (tertiary alicyclic amines) is 1. The molecule has 0 bridgehead atoms. The van der Waals surface area contributed by atoms with Crippen LogP contribution >= 0.6 is 11.6 Å². The molecule has 8 heteroatoms. The maximum Gasteiger partial charge on any atom is 0.308 e. The second kappa shape index (κ2) is 6.24. The number of aromatic nitrogens is 3. The molecule has 1 amide bonds. The Bertz CT molecular complexity index is 790. The van der Waals surface area contributed by atoms with Gasteiger partial charge in [0.05, 0.1) is 16.6 Å². The summed E-state index contributed by atoms with van der Waals surface area (Å²) in [5, 5.41) is 14.0. The molecular weight excluding hydrogens is 332 g/mol. The summed E-state index contributed by atoms with van der Waals surface area (Å²) in [7, 11) is 1.65. The minimum atomic E-state index is -0.917. The summed E-state index contributed by atoms with van der Waals surface area (Å²) < 4.78 is 1.44. The molecule has 24 heavy (non-hydrogen) atoms. The first-order valence-corrected chi connectivity index (χ1v) is 7.89. The molecule has 1 saturated heterocycles. The second-order valence-corrected chi connectivity index (χ2v) is 6.29. The third kappa shape index (κ3) is 2.75. The van der Waals surface area contributed by atoms with Crippen LogP contribution in [0.4, 0.5) is 0 Å². The van der Waals surface area contributed by atoms with Gasteiger partial charge in [-0.15, -0.1) is 0 Å². The van der Waals surface area contributed by atoms with E-state index >= 15 is 0 Å². The van der Waals surface area contributed by atoms with E-state index in [9.17, 15) is 14.7 Å². The van der Waals surface area contributed by atoms with Gasteiger partial charge in [0.2, 0.25) is 0 Å². The van der Waals surface area contributed by atoms with Crippen molar-refractivity contribution in [2.45, 2.75) is 12.8 Å². The summed E-state index contributed by atoms with van der Waals surface area (Å²) in [4.78, 5) is 29.9. The van der Waals surface area contributed by atoms with Crippen LogP contribution in [0, 0.1) is 12.8 Å². The standard InChI is InChI=1S/C16H17ClN4O3/c1-9-13(17)14(20(2)19-9)15(22)21-7-11(12(8-21)16(23)24)10-3-5-18-6-4-10/h3-6,11-12H,7-8H2,1-2H3,(H,23,24)/t11-,12+/m0/s1. The highest BCUT2D eigenvalue weighted by atomic mass is 35.5. The SMILES string of the molecule is Cc1nn(C)c(C(=O)N2C[C@@H](C(=O)O)[C@H](c3ccncc3)C2)c1Cl. The highest BCUT2D eigenvalue weighted by Gasteiger charge is 2.41. The van der Waals surface area contributed by atoms with E-state index in [4.69, 9.17) is 11.6 Å². The second-order valence-electron chi connectivity index (χ2n) is 5.91. The average molecular weight is 349 g/mol. The minimum Gasteiger partial charge on any atom is -0.481 e. The minimum absolute atomic E-state index is 0.141. The number of nitrogens with zero attached hydrogens (tertiary/aromatic N) is 4. The maximum absolute atomic E-state index is 12.8. The lowest BCUT2D eigenvalue weighted by molar-refractivity contribution is -0.141. The number of carboxylic acid groups (broad SMARTS) is 1. The predicted octanol–water partition coefficient (Wildman–Crippen LogP) is 1.72. The molecule has 2 aromatic heterocycles. The Morgan fingerprint density at radius 2 is 1.96 bits per heavy atom. The molecule has 1 N–H and O–H groups in total. The monoisotopic (exact) mass is 348 g/mol. The lowest BCUT2D eigenvalue weighted by Crippen LogP contribution is -2.31. The van der Waals surface area contributed by atoms with Gasteiger partial charge in [-0.1, -0.05) is 11.6 Å². The third-order valence-electron chi connectivity index (χ3n) is 4.41.